The molecule has 420 valence electrons. The molecule has 0 unspecified atom stereocenters. The van der Waals surface area contributed by atoms with Gasteiger partial charge in [0.25, 0.3) is 36.3 Å². The number of carbonyl (C=O) groups is 2. The lowest BCUT2D eigenvalue weighted by Gasteiger charge is -2.27. The first-order chi connectivity index (χ1) is 36.0. The van der Waals surface area contributed by atoms with Gasteiger partial charge >= 0.3 is 5.97 Å². The van der Waals surface area contributed by atoms with Crippen molar-refractivity contribution in [2.45, 2.75) is 113 Å². The van der Waals surface area contributed by atoms with Gasteiger partial charge in [0.1, 0.15) is 36.4 Å². The summed E-state index contributed by atoms with van der Waals surface area (Å²) in [6, 6.07) is 15.4. The zero-order valence-electron chi connectivity index (χ0n) is 43.4. The number of amides is 1. The minimum absolute atomic E-state index is 0.125. The fourth-order valence-electron chi connectivity index (χ4n) is 9.82. The van der Waals surface area contributed by atoms with Gasteiger partial charge in [-0.3, -0.25) is 18.5 Å². The fraction of sp³-hybridized carbons (Fsp3) is 0.453. The van der Waals surface area contributed by atoms with Gasteiger partial charge in [-0.1, -0.05) is 19.9 Å². The second-order valence-electron chi connectivity index (χ2n) is 20.2. The smallest absolute Gasteiger partial charge is 0.337 e. The highest BCUT2D eigenvalue weighted by molar-refractivity contribution is 7.86. The van der Waals surface area contributed by atoms with Crippen LogP contribution in [0.3, 0.4) is 0 Å². The van der Waals surface area contributed by atoms with Crippen molar-refractivity contribution in [2.75, 3.05) is 49.8 Å². The Balaban J connectivity index is 1.43. The molecule has 0 saturated heterocycles. The maximum absolute atomic E-state index is 13.5. The monoisotopic (exact) mass is 1130 g/mol. The topological polar surface area (TPSA) is 335 Å². The van der Waals surface area contributed by atoms with E-state index in [4.69, 9.17) is 14.6 Å². The van der Waals surface area contributed by atoms with Gasteiger partial charge in [0.15, 0.2) is 5.71 Å². The van der Waals surface area contributed by atoms with E-state index in [1.54, 1.807) is 30.3 Å². The molecule has 0 radical (unpaired) electrons. The SMILES string of the molecule is COC(=O)c1ccc2c(c1)C(C)(C)C(/C=C/C1=C(Oc3ccc(S(=O)(=O)O)cc3)C(=C/C=C3/N(CCCCS(=O)(=O)O)c4ccc(C(=O)NC[C@H](O)[C@@H](O)[C@H](O)[C@H](O)CO)cc4C3(C)C)/CCC1)=[N+]2CCCCS(=O)(=O)O. The normalized spacial score (nSPS) is 19.1. The van der Waals surface area contributed by atoms with Gasteiger partial charge in [0.2, 0.25) is 5.69 Å². The molecule has 3 aliphatic rings. The molecule has 0 aromatic heterocycles. The zero-order chi connectivity index (χ0) is 56.8. The van der Waals surface area contributed by atoms with Crippen LogP contribution in [0.25, 0.3) is 0 Å². The van der Waals surface area contributed by atoms with Gasteiger partial charge in [-0.2, -0.15) is 29.8 Å². The third kappa shape index (κ3) is 14.7. The quantitative estimate of drug-likeness (QED) is 0.0262. The predicted molar refractivity (Wildman–Crippen MR) is 285 cm³/mol. The Hall–Kier alpha value is -5.64. The van der Waals surface area contributed by atoms with E-state index < -0.39 is 102 Å². The van der Waals surface area contributed by atoms with E-state index in [1.807, 2.05) is 67.5 Å². The van der Waals surface area contributed by atoms with Gasteiger partial charge in [-0.25, -0.2) is 4.79 Å². The lowest BCUT2D eigenvalue weighted by Crippen LogP contribution is -2.49. The Bertz CT molecular complexity index is 3220. The number of benzene rings is 3. The van der Waals surface area contributed by atoms with Crippen LogP contribution >= 0.6 is 0 Å². The number of nitrogens with one attached hydrogen (secondary N) is 1. The van der Waals surface area contributed by atoms with Crippen molar-refractivity contribution >= 4 is 59.3 Å². The van der Waals surface area contributed by atoms with Crippen LogP contribution in [0.2, 0.25) is 0 Å². The van der Waals surface area contributed by atoms with Gasteiger partial charge in [0, 0.05) is 59.6 Å². The van der Waals surface area contributed by atoms with E-state index in [0.29, 0.717) is 61.2 Å². The maximum atomic E-state index is 13.5. The Morgan fingerprint density at radius 3 is 2.00 bits per heavy atom. The number of hydrogen-bond acceptors (Lipinski definition) is 16. The molecule has 24 heteroatoms. The number of anilines is 1. The number of aliphatic hydroxyl groups excluding tert-OH is 5. The molecule has 21 nitrogen and oxygen atoms in total. The van der Waals surface area contributed by atoms with E-state index in [-0.39, 0.29) is 35.6 Å². The molecule has 4 atom stereocenters. The first kappa shape index (κ1) is 60.6. The minimum atomic E-state index is -4.54. The third-order valence-electron chi connectivity index (χ3n) is 14.0. The van der Waals surface area contributed by atoms with Crippen LogP contribution in [0.4, 0.5) is 11.4 Å². The summed E-state index contributed by atoms with van der Waals surface area (Å²) < 4.78 is 113. The number of esters is 1. The Morgan fingerprint density at radius 1 is 0.753 bits per heavy atom. The molecule has 0 fully saturated rings. The highest BCUT2D eigenvalue weighted by atomic mass is 32.2. The molecule has 0 spiro atoms. The first-order valence-corrected chi connectivity index (χ1v) is 29.5. The second-order valence-corrected chi connectivity index (χ2v) is 24.8. The van der Waals surface area contributed by atoms with E-state index in [9.17, 15) is 68.9 Å². The third-order valence-corrected chi connectivity index (χ3v) is 16.5. The standard InChI is InChI=1S/C53H67N3O18S3/c1-52(2)39-29-35(50(62)54-31-43(58)47(60)48(61)44(59)32-57)13-21-41(39)55(25-6-8-27-75(64,65)66)45(52)23-15-33-11-10-12-34(49(33)74-37-17-19-38(20-18-37)77(70,71)72)16-24-46-53(3,4)40-30-36(51(63)73-5)14-22-42(40)56(46)26-7-9-28-76(67,68)69/h13-24,29-30,43-44,47-48,57-61H,6-12,25-28,31-32H2,1-5H3,(H3-,54,62,64,65,66,67,68,69,70,71,72)/p+1/t43-,44+,47+,48+/m0/s1. The molecule has 1 aliphatic carbocycles. The lowest BCUT2D eigenvalue weighted by atomic mass is 9.80. The summed E-state index contributed by atoms with van der Waals surface area (Å²) in [5.74, 6) is -1.37. The molecule has 0 saturated carbocycles. The van der Waals surface area contributed by atoms with Crippen LogP contribution in [0, 0.1) is 0 Å². The Kier molecular flexibility index (Phi) is 19.3. The molecule has 2 aliphatic heterocycles. The summed E-state index contributed by atoms with van der Waals surface area (Å²) in [6.07, 6.45) is 3.10. The van der Waals surface area contributed by atoms with E-state index in [2.05, 4.69) is 5.32 Å². The molecule has 6 rings (SSSR count). The van der Waals surface area contributed by atoms with Crippen LogP contribution in [-0.2, 0) is 45.9 Å². The summed E-state index contributed by atoms with van der Waals surface area (Å²) in [6.45, 7) is 7.11. The number of rotatable bonds is 24. The van der Waals surface area contributed by atoms with Crippen molar-refractivity contribution in [3.63, 3.8) is 0 Å². The van der Waals surface area contributed by atoms with Gasteiger partial charge < -0.3 is 45.2 Å². The highest BCUT2D eigenvalue weighted by Gasteiger charge is 2.45. The number of hydrogen-bond donors (Lipinski definition) is 9. The molecule has 77 heavy (non-hydrogen) atoms. The van der Waals surface area contributed by atoms with Crippen LogP contribution in [-0.4, -0.2) is 156 Å². The van der Waals surface area contributed by atoms with Crippen molar-refractivity contribution in [1.82, 2.24) is 5.32 Å². The number of ether oxygens (including phenoxy) is 2. The number of methoxy groups -OCH3 is 1. The Morgan fingerprint density at radius 2 is 1.38 bits per heavy atom. The van der Waals surface area contributed by atoms with Gasteiger partial charge in [0.05, 0.1) is 47.2 Å². The molecular formula is C53H68N3O18S3+. The summed E-state index contributed by atoms with van der Waals surface area (Å²) in [5, 5.41) is 52.2. The first-order valence-electron chi connectivity index (χ1n) is 24.9. The molecule has 3 aromatic carbocycles. The zero-order valence-corrected chi connectivity index (χ0v) is 45.8. The number of unbranched alkanes of at least 4 members (excludes halogenated alkanes) is 2. The molecule has 9 N–H and O–H groups in total. The predicted octanol–water partition coefficient (Wildman–Crippen LogP) is 4.28. The van der Waals surface area contributed by atoms with Gasteiger partial charge in [-0.15, -0.1) is 0 Å². The van der Waals surface area contributed by atoms with E-state index in [0.717, 1.165) is 33.8 Å². The fourth-order valence-corrected chi connectivity index (χ4v) is 11.4. The molecule has 1 amide bonds. The molecule has 2 heterocycles. The number of nitrogens with zero attached hydrogens (tertiary/aromatic N) is 2. The van der Waals surface area contributed by atoms with Crippen molar-refractivity contribution in [3.05, 3.63) is 130 Å². The summed E-state index contributed by atoms with van der Waals surface area (Å²) >= 11 is 0. The van der Waals surface area contributed by atoms with E-state index >= 15 is 0 Å². The average molecular weight is 1130 g/mol. The molecule has 0 bridgehead atoms. The highest BCUT2D eigenvalue weighted by Crippen LogP contribution is 2.49. The van der Waals surface area contributed by atoms with Crippen LogP contribution in [0.1, 0.15) is 104 Å². The Labute approximate surface area is 448 Å². The molecular weight excluding hydrogens is 1060 g/mol. The lowest BCUT2D eigenvalue weighted by molar-refractivity contribution is -0.438. The van der Waals surface area contributed by atoms with Gasteiger partial charge in [-0.05, 0) is 136 Å². The van der Waals surface area contributed by atoms with Crippen LogP contribution in [0.5, 0.6) is 5.75 Å². The second kappa shape index (κ2) is 24.6. The number of fused-ring (bicyclic) bond motifs is 2. The van der Waals surface area contributed by atoms with Crippen molar-refractivity contribution in [2.24, 2.45) is 0 Å². The van der Waals surface area contributed by atoms with Crippen molar-refractivity contribution < 1.29 is 88.1 Å². The van der Waals surface area contributed by atoms with E-state index in [1.165, 1.54) is 31.4 Å². The number of aliphatic hydroxyl groups is 5. The van der Waals surface area contributed by atoms with Crippen LogP contribution in [0.15, 0.2) is 112 Å². The van der Waals surface area contributed by atoms with Crippen molar-refractivity contribution in [1.29, 1.82) is 0 Å². The summed E-state index contributed by atoms with van der Waals surface area (Å²) in [4.78, 5) is 27.9. The van der Waals surface area contributed by atoms with Crippen LogP contribution < -0.4 is 15.0 Å². The maximum Gasteiger partial charge on any atom is 0.337 e. The summed E-state index contributed by atoms with van der Waals surface area (Å²) in [7, 11) is -11.7. The van der Waals surface area contributed by atoms with Crippen molar-refractivity contribution in [3.8, 4) is 5.75 Å². The largest absolute Gasteiger partial charge is 0.465 e. The number of carbonyl (C=O) groups excluding carboxylic acids is 2. The molecule has 3 aromatic rings. The minimum Gasteiger partial charge on any atom is -0.465 e. The number of allylic oxidation sites excluding steroid dienone is 7. The average Bonchev–Trinajstić information content (AvgIpc) is 3.85. The summed E-state index contributed by atoms with van der Waals surface area (Å²) in [5.41, 5.74) is 4.96.